The second kappa shape index (κ2) is 15.1. The van der Waals surface area contributed by atoms with Crippen molar-refractivity contribution in [3.05, 3.63) is 11.6 Å². The summed E-state index contributed by atoms with van der Waals surface area (Å²) in [7, 11) is 0. The van der Waals surface area contributed by atoms with E-state index in [1.54, 1.807) is 19.9 Å². The van der Waals surface area contributed by atoms with Crippen molar-refractivity contribution >= 4 is 5.97 Å². The molecule has 21 atom stereocenters. The van der Waals surface area contributed by atoms with Gasteiger partial charge in [0.1, 0.15) is 24.9 Å². The zero-order valence-corrected chi connectivity index (χ0v) is 32.9. The van der Waals surface area contributed by atoms with Crippen LogP contribution in [0.2, 0.25) is 0 Å². The summed E-state index contributed by atoms with van der Waals surface area (Å²) in [5.41, 5.74) is -0.892. The third kappa shape index (κ3) is 6.95. The monoisotopic (exact) mass is 780 g/mol. The number of carbonyl (C=O) groups excluding carboxylic acids is 1. The average molecular weight is 781 g/mol. The highest BCUT2D eigenvalue weighted by Gasteiger charge is 2.71. The van der Waals surface area contributed by atoms with Crippen molar-refractivity contribution in [1.82, 2.24) is 0 Å². The largest absolute Gasteiger partial charge is 0.458 e. The number of hydrogen-bond donors (Lipinski definition) is 6. The van der Waals surface area contributed by atoms with Gasteiger partial charge in [0.05, 0.1) is 54.4 Å². The standard InChI is InChI=1S/C41H64O14/c1-19-36(47)28(42)15-34(50-19)54-38-21(3)52-35(17-30(38)44)55-37-20(2)51-33(16-29(37)43)53-24-8-10-39(4)23(13-24)6-7-26-27(39)14-31(45)40(5)25(9-11-41(26,40)48)22-12-32(46)49-18-22/h12,19-21,23-31,33-38,42-45,47-48H,6-11,13-18H2,1-5H3/t19-,20-,21-,23-,24+,25-,26-,27?,28+,29+,30+,31-,33+,34+,35+,36-,37-,38-,39+,40+,41+/m1/s1. The van der Waals surface area contributed by atoms with Gasteiger partial charge in [0.2, 0.25) is 0 Å². The number of cyclic esters (lactones) is 1. The molecule has 8 rings (SSSR count). The number of hydrogen-bond acceptors (Lipinski definition) is 14. The predicted molar refractivity (Wildman–Crippen MR) is 193 cm³/mol. The summed E-state index contributed by atoms with van der Waals surface area (Å²) >= 11 is 0. The maximum Gasteiger partial charge on any atom is 0.331 e. The average Bonchev–Trinajstić information content (AvgIpc) is 3.67. The van der Waals surface area contributed by atoms with Gasteiger partial charge < -0.3 is 63.8 Å². The van der Waals surface area contributed by atoms with Crippen LogP contribution in [-0.2, 0) is 38.0 Å². The van der Waals surface area contributed by atoms with E-state index >= 15 is 0 Å². The summed E-state index contributed by atoms with van der Waals surface area (Å²) in [6.07, 6.45) is -1.51. The van der Waals surface area contributed by atoms with Crippen LogP contribution in [0, 0.1) is 34.5 Å². The van der Waals surface area contributed by atoms with Crippen LogP contribution < -0.4 is 0 Å². The fourth-order valence-corrected chi connectivity index (χ4v) is 12.8. The Labute approximate surface area is 323 Å². The normalized spacial score (nSPS) is 55.5. The maximum absolute atomic E-state index is 12.6. The topological polar surface area (TPSA) is 203 Å². The van der Waals surface area contributed by atoms with Crippen molar-refractivity contribution < 1.29 is 68.6 Å². The molecular weight excluding hydrogens is 716 g/mol. The van der Waals surface area contributed by atoms with Crippen LogP contribution in [0.25, 0.3) is 0 Å². The number of rotatable bonds is 7. The molecule has 7 fully saturated rings. The van der Waals surface area contributed by atoms with Crippen LogP contribution in [-0.4, -0.2) is 135 Å². The summed E-state index contributed by atoms with van der Waals surface area (Å²) < 4.78 is 42.1. The van der Waals surface area contributed by atoms with Crippen molar-refractivity contribution in [3.8, 4) is 0 Å². The number of carbonyl (C=O) groups is 1. The quantitative estimate of drug-likeness (QED) is 0.162. The lowest BCUT2D eigenvalue weighted by Gasteiger charge is -2.65. The third-order valence-electron chi connectivity index (χ3n) is 16.0. The van der Waals surface area contributed by atoms with Gasteiger partial charge in [0.25, 0.3) is 0 Å². The van der Waals surface area contributed by atoms with Gasteiger partial charge in [0, 0.05) is 30.8 Å². The predicted octanol–water partition coefficient (Wildman–Crippen LogP) is 2.22. The molecule has 0 aromatic heterocycles. The fourth-order valence-electron chi connectivity index (χ4n) is 12.8. The first-order valence-electron chi connectivity index (χ1n) is 20.9. The first kappa shape index (κ1) is 40.5. The zero-order valence-electron chi connectivity index (χ0n) is 32.9. The van der Waals surface area contributed by atoms with Gasteiger partial charge in [-0.2, -0.15) is 0 Å². The molecule has 0 bridgehead atoms. The smallest absolute Gasteiger partial charge is 0.331 e. The maximum atomic E-state index is 12.6. The highest BCUT2D eigenvalue weighted by Crippen LogP contribution is 2.70. The summed E-state index contributed by atoms with van der Waals surface area (Å²) in [5, 5.41) is 66.9. The molecule has 4 aliphatic carbocycles. The molecule has 4 heterocycles. The lowest BCUT2D eigenvalue weighted by atomic mass is 9.42. The van der Waals surface area contributed by atoms with Gasteiger partial charge in [-0.3, -0.25) is 0 Å². The minimum Gasteiger partial charge on any atom is -0.458 e. The van der Waals surface area contributed by atoms with E-state index in [0.717, 1.165) is 44.1 Å². The van der Waals surface area contributed by atoms with E-state index < -0.39 is 90.9 Å². The Morgan fingerprint density at radius 2 is 1.29 bits per heavy atom. The van der Waals surface area contributed by atoms with Crippen LogP contribution in [0.1, 0.15) is 105 Å². The van der Waals surface area contributed by atoms with Crippen molar-refractivity contribution in [1.29, 1.82) is 0 Å². The van der Waals surface area contributed by atoms with Crippen LogP contribution in [0.3, 0.4) is 0 Å². The highest BCUT2D eigenvalue weighted by molar-refractivity contribution is 5.85. The van der Waals surface area contributed by atoms with E-state index in [1.807, 2.05) is 13.8 Å². The van der Waals surface area contributed by atoms with Crippen molar-refractivity contribution in [2.75, 3.05) is 6.61 Å². The third-order valence-corrected chi connectivity index (χ3v) is 16.0. The van der Waals surface area contributed by atoms with E-state index in [0.29, 0.717) is 18.8 Å². The lowest BCUT2D eigenvalue weighted by Crippen LogP contribution is -2.67. The molecule has 0 amide bonds. The summed E-state index contributed by atoms with van der Waals surface area (Å²) in [4.78, 5) is 11.9. The van der Waals surface area contributed by atoms with Crippen LogP contribution >= 0.6 is 0 Å². The molecule has 4 aliphatic heterocycles. The molecule has 3 saturated heterocycles. The van der Waals surface area contributed by atoms with E-state index in [1.165, 1.54) is 0 Å². The molecule has 0 spiro atoms. The Hall–Kier alpha value is -1.27. The Kier molecular flexibility index (Phi) is 11.1. The Balaban J connectivity index is 0.837. The molecule has 1 unspecified atom stereocenters. The van der Waals surface area contributed by atoms with Gasteiger partial charge in [-0.25, -0.2) is 4.79 Å². The first-order chi connectivity index (χ1) is 26.0. The molecule has 312 valence electrons. The summed E-state index contributed by atoms with van der Waals surface area (Å²) in [5.74, 6) is 0.204. The lowest BCUT2D eigenvalue weighted by molar-refractivity contribution is -0.336. The molecule has 14 nitrogen and oxygen atoms in total. The molecule has 8 aliphatic rings. The summed E-state index contributed by atoms with van der Waals surface area (Å²) in [6.45, 7) is 9.90. The van der Waals surface area contributed by atoms with Gasteiger partial charge >= 0.3 is 5.97 Å². The van der Waals surface area contributed by atoms with E-state index in [-0.39, 0.29) is 61.1 Å². The van der Waals surface area contributed by atoms with E-state index in [2.05, 4.69) is 6.92 Å². The number of fused-ring (bicyclic) bond motifs is 5. The van der Waals surface area contributed by atoms with E-state index in [9.17, 15) is 35.4 Å². The number of aliphatic hydroxyl groups excluding tert-OH is 5. The minimum atomic E-state index is -1.01. The van der Waals surface area contributed by atoms with Gasteiger partial charge in [-0.1, -0.05) is 13.8 Å². The SMILES string of the molecule is C[C@H]1O[C@@H](O[C@H]2[C@@H](O)C[C@H](O[C@H]3[C@@H](O)C[C@H](O[C@H]4CC[C@]5(C)C6C[C@@H](O)[C@]7(C)[C@@H](C8=CC(=O)OC8)CC[C@]7(O)[C@@H]6CC[C@@H]5C4)O[C@@H]3C)O[C@@H]2C)C[C@H](O)[C@@H]1O. The number of aliphatic hydroxyl groups is 6. The molecular formula is C41H64O14. The molecule has 55 heavy (non-hydrogen) atoms. The first-order valence-corrected chi connectivity index (χ1v) is 20.9. The van der Waals surface area contributed by atoms with Crippen LogP contribution in [0.5, 0.6) is 0 Å². The fraction of sp³-hybridized carbons (Fsp3) is 0.927. The van der Waals surface area contributed by atoms with Crippen molar-refractivity contribution in [3.63, 3.8) is 0 Å². The van der Waals surface area contributed by atoms with E-state index in [4.69, 9.17) is 33.2 Å². The second-order valence-electron chi connectivity index (χ2n) is 18.8. The van der Waals surface area contributed by atoms with Gasteiger partial charge in [-0.05, 0) is 107 Å². The second-order valence-corrected chi connectivity index (χ2v) is 18.8. The Bertz CT molecular complexity index is 1410. The molecule has 0 radical (unpaired) electrons. The van der Waals surface area contributed by atoms with Crippen molar-refractivity contribution in [2.45, 2.75) is 197 Å². The molecule has 4 saturated carbocycles. The number of ether oxygens (including phenoxy) is 7. The summed E-state index contributed by atoms with van der Waals surface area (Å²) in [6, 6.07) is 0. The molecule has 6 N–H and O–H groups in total. The highest BCUT2D eigenvalue weighted by atomic mass is 16.7. The van der Waals surface area contributed by atoms with Gasteiger partial charge in [-0.15, -0.1) is 0 Å². The number of esters is 1. The van der Waals surface area contributed by atoms with Crippen LogP contribution in [0.4, 0.5) is 0 Å². The Morgan fingerprint density at radius 1 is 0.691 bits per heavy atom. The molecule has 14 heteroatoms. The molecule has 0 aromatic carbocycles. The van der Waals surface area contributed by atoms with Crippen LogP contribution in [0.15, 0.2) is 11.6 Å². The van der Waals surface area contributed by atoms with Crippen molar-refractivity contribution in [2.24, 2.45) is 34.5 Å². The minimum absolute atomic E-state index is 0.0452. The zero-order chi connectivity index (χ0) is 39.2. The molecule has 0 aromatic rings. The Morgan fingerprint density at radius 3 is 1.87 bits per heavy atom. The van der Waals surface area contributed by atoms with Gasteiger partial charge in [0.15, 0.2) is 18.9 Å².